The maximum absolute atomic E-state index is 12.0. The number of ether oxygens (including phenoxy) is 2. The van der Waals surface area contributed by atoms with Crippen molar-refractivity contribution in [3.63, 3.8) is 0 Å². The molecule has 144 valence electrons. The molecule has 2 fully saturated rings. The minimum Gasteiger partial charge on any atom is -0.493 e. The van der Waals surface area contributed by atoms with Crippen LogP contribution in [-0.2, 0) is 0 Å². The summed E-state index contributed by atoms with van der Waals surface area (Å²) in [5, 5.41) is 11.5. The highest BCUT2D eigenvalue weighted by molar-refractivity contribution is 5.94. The van der Waals surface area contributed by atoms with Gasteiger partial charge in [-0.3, -0.25) is 4.79 Å². The van der Waals surface area contributed by atoms with Gasteiger partial charge in [0.05, 0.1) is 13.7 Å². The number of aliphatic hydroxyl groups excluding tert-OH is 1. The van der Waals surface area contributed by atoms with Crippen LogP contribution in [0.15, 0.2) is 18.2 Å². The third kappa shape index (κ3) is 4.68. The Bertz CT molecular complexity index is 593. The molecule has 3 rings (SSSR count). The van der Waals surface area contributed by atoms with Crippen molar-refractivity contribution in [1.82, 2.24) is 10.2 Å². The quantitative estimate of drug-likeness (QED) is 0.778. The second kappa shape index (κ2) is 9.24. The van der Waals surface area contributed by atoms with E-state index in [1.165, 1.54) is 25.7 Å². The first-order valence-electron chi connectivity index (χ1n) is 9.69. The molecule has 0 unspecified atom stereocenters. The number of amides is 1. The van der Waals surface area contributed by atoms with Crippen molar-refractivity contribution in [2.75, 3.05) is 33.4 Å². The summed E-state index contributed by atoms with van der Waals surface area (Å²) in [5.74, 6) is 1.03. The number of hydrogen-bond acceptors (Lipinski definition) is 5. The van der Waals surface area contributed by atoms with Gasteiger partial charge in [0.1, 0.15) is 6.10 Å². The molecule has 2 aliphatic rings. The molecule has 0 radical (unpaired) electrons. The summed E-state index contributed by atoms with van der Waals surface area (Å²) in [5.41, 5.74) is 0.499. The molecule has 1 aromatic carbocycles. The largest absolute Gasteiger partial charge is 0.493 e. The van der Waals surface area contributed by atoms with E-state index in [0.29, 0.717) is 17.1 Å². The Morgan fingerprint density at radius 1 is 1.19 bits per heavy atom. The molecule has 1 heterocycles. The Morgan fingerprint density at radius 3 is 2.58 bits per heavy atom. The molecule has 2 N–H and O–H groups in total. The average molecular weight is 362 g/mol. The number of carbonyl (C=O) groups is 1. The number of likely N-dealkylation sites (tertiary alicyclic amines) is 1. The number of rotatable bonds is 7. The summed E-state index contributed by atoms with van der Waals surface area (Å²) in [6.07, 6.45) is 7.68. The van der Waals surface area contributed by atoms with Crippen LogP contribution in [0.4, 0.5) is 0 Å². The monoisotopic (exact) mass is 362 g/mol. The van der Waals surface area contributed by atoms with Gasteiger partial charge in [-0.05, 0) is 43.9 Å². The Balaban J connectivity index is 1.56. The smallest absolute Gasteiger partial charge is 0.251 e. The van der Waals surface area contributed by atoms with Gasteiger partial charge in [0.15, 0.2) is 11.5 Å². The van der Waals surface area contributed by atoms with Crippen molar-refractivity contribution in [2.45, 2.75) is 50.7 Å². The summed E-state index contributed by atoms with van der Waals surface area (Å²) in [6.45, 7) is 2.35. The van der Waals surface area contributed by atoms with Gasteiger partial charge >= 0.3 is 0 Å². The average Bonchev–Trinajstić information content (AvgIpc) is 3.21. The molecule has 0 bridgehead atoms. The van der Waals surface area contributed by atoms with Crippen LogP contribution in [0.2, 0.25) is 0 Å². The SMILES string of the molecule is COc1cc(C(=O)NCCO)ccc1OC1CCN(C2CCCC2)CC1. The molecule has 1 saturated carbocycles. The normalized spacial score (nSPS) is 19.5. The van der Waals surface area contributed by atoms with Crippen LogP contribution < -0.4 is 14.8 Å². The number of methoxy groups -OCH3 is 1. The fraction of sp³-hybridized carbons (Fsp3) is 0.650. The van der Waals surface area contributed by atoms with Gasteiger partial charge in [0.25, 0.3) is 5.91 Å². The number of aliphatic hydroxyl groups is 1. The Hall–Kier alpha value is -1.79. The Labute approximate surface area is 155 Å². The number of piperidine rings is 1. The fourth-order valence-electron chi connectivity index (χ4n) is 3.99. The maximum Gasteiger partial charge on any atom is 0.251 e. The lowest BCUT2D eigenvalue weighted by Crippen LogP contribution is -2.43. The van der Waals surface area contributed by atoms with Gasteiger partial charge in [-0.1, -0.05) is 12.8 Å². The van der Waals surface area contributed by atoms with Gasteiger partial charge in [-0.25, -0.2) is 0 Å². The Morgan fingerprint density at radius 2 is 1.92 bits per heavy atom. The molecule has 0 spiro atoms. The molecule has 1 aliphatic heterocycles. The van der Waals surface area contributed by atoms with E-state index in [2.05, 4.69) is 10.2 Å². The van der Waals surface area contributed by atoms with Crippen molar-refractivity contribution in [1.29, 1.82) is 0 Å². The highest BCUT2D eigenvalue weighted by Crippen LogP contribution is 2.32. The van der Waals surface area contributed by atoms with E-state index in [-0.39, 0.29) is 25.2 Å². The highest BCUT2D eigenvalue weighted by Gasteiger charge is 2.28. The zero-order valence-electron chi connectivity index (χ0n) is 15.6. The molecule has 1 aromatic rings. The molecule has 1 saturated heterocycles. The lowest BCUT2D eigenvalue weighted by atomic mass is 10.0. The van der Waals surface area contributed by atoms with Crippen LogP contribution in [0.25, 0.3) is 0 Å². The fourth-order valence-corrected chi connectivity index (χ4v) is 3.99. The number of carbonyl (C=O) groups excluding carboxylic acids is 1. The lowest BCUT2D eigenvalue weighted by Gasteiger charge is -2.36. The zero-order valence-corrected chi connectivity index (χ0v) is 15.6. The summed E-state index contributed by atoms with van der Waals surface area (Å²) in [4.78, 5) is 14.6. The molecule has 0 aromatic heterocycles. The summed E-state index contributed by atoms with van der Waals surface area (Å²) >= 11 is 0. The van der Waals surface area contributed by atoms with E-state index >= 15 is 0 Å². The first-order chi connectivity index (χ1) is 12.7. The van der Waals surface area contributed by atoms with Crippen LogP contribution in [0, 0.1) is 0 Å². The van der Waals surface area contributed by atoms with Crippen LogP contribution >= 0.6 is 0 Å². The van der Waals surface area contributed by atoms with Crippen molar-refractivity contribution < 1.29 is 19.4 Å². The van der Waals surface area contributed by atoms with Crippen molar-refractivity contribution in [2.24, 2.45) is 0 Å². The van der Waals surface area contributed by atoms with Crippen LogP contribution in [0.1, 0.15) is 48.9 Å². The first-order valence-corrected chi connectivity index (χ1v) is 9.69. The number of nitrogens with one attached hydrogen (secondary N) is 1. The number of nitrogens with zero attached hydrogens (tertiary/aromatic N) is 1. The van der Waals surface area contributed by atoms with E-state index in [1.54, 1.807) is 25.3 Å². The molecule has 6 nitrogen and oxygen atoms in total. The van der Waals surface area contributed by atoms with Crippen molar-refractivity contribution in [3.05, 3.63) is 23.8 Å². The number of hydrogen-bond donors (Lipinski definition) is 2. The summed E-state index contributed by atoms with van der Waals surface area (Å²) in [6, 6.07) is 6.01. The highest BCUT2D eigenvalue weighted by atomic mass is 16.5. The predicted molar refractivity (Wildman–Crippen MR) is 99.9 cm³/mol. The van der Waals surface area contributed by atoms with E-state index in [9.17, 15) is 4.79 Å². The van der Waals surface area contributed by atoms with Crippen molar-refractivity contribution in [3.8, 4) is 11.5 Å². The van der Waals surface area contributed by atoms with Crippen LogP contribution in [-0.4, -0.2) is 61.4 Å². The minimum absolute atomic E-state index is 0.0797. The van der Waals surface area contributed by atoms with Gasteiger partial charge in [0.2, 0.25) is 0 Å². The van der Waals surface area contributed by atoms with Gasteiger partial charge < -0.3 is 24.8 Å². The minimum atomic E-state index is -0.228. The van der Waals surface area contributed by atoms with E-state index in [1.807, 2.05) is 0 Å². The van der Waals surface area contributed by atoms with Crippen LogP contribution in [0.3, 0.4) is 0 Å². The number of benzene rings is 1. The van der Waals surface area contributed by atoms with E-state index < -0.39 is 0 Å². The molecule has 6 heteroatoms. The molecule has 26 heavy (non-hydrogen) atoms. The topological polar surface area (TPSA) is 71.0 Å². The standard InChI is InChI=1S/C20H30N2O4/c1-25-19-14-15(20(24)21-10-13-23)6-7-18(19)26-17-8-11-22(12-9-17)16-4-2-3-5-16/h6-7,14,16-17,23H,2-5,8-13H2,1H3,(H,21,24). The second-order valence-corrected chi connectivity index (χ2v) is 7.14. The van der Waals surface area contributed by atoms with E-state index in [4.69, 9.17) is 14.6 Å². The van der Waals surface area contributed by atoms with Crippen molar-refractivity contribution >= 4 is 5.91 Å². The van der Waals surface area contributed by atoms with Gasteiger partial charge in [-0.2, -0.15) is 0 Å². The van der Waals surface area contributed by atoms with Gasteiger partial charge in [-0.15, -0.1) is 0 Å². The molecule has 1 aliphatic carbocycles. The lowest BCUT2D eigenvalue weighted by molar-refractivity contribution is 0.0750. The van der Waals surface area contributed by atoms with Crippen LogP contribution in [0.5, 0.6) is 11.5 Å². The summed E-state index contributed by atoms with van der Waals surface area (Å²) in [7, 11) is 1.58. The molecular weight excluding hydrogens is 332 g/mol. The third-order valence-electron chi connectivity index (χ3n) is 5.43. The van der Waals surface area contributed by atoms with E-state index in [0.717, 1.165) is 32.0 Å². The zero-order chi connectivity index (χ0) is 18.4. The molecule has 1 amide bonds. The molecule has 0 atom stereocenters. The Kier molecular flexibility index (Phi) is 6.74. The third-order valence-corrected chi connectivity index (χ3v) is 5.43. The molecular formula is C20H30N2O4. The van der Waals surface area contributed by atoms with Gasteiger partial charge in [0, 0.05) is 31.2 Å². The second-order valence-electron chi connectivity index (χ2n) is 7.14. The predicted octanol–water partition coefficient (Wildman–Crippen LogP) is 2.20. The first kappa shape index (κ1) is 19.0. The summed E-state index contributed by atoms with van der Waals surface area (Å²) < 4.78 is 11.6. The maximum atomic E-state index is 12.0.